The van der Waals surface area contributed by atoms with Crippen LogP contribution in [0.15, 0.2) is 30.3 Å². The van der Waals surface area contributed by atoms with Crippen LogP contribution in [0, 0.1) is 5.92 Å². The minimum atomic E-state index is -1.01. The first-order chi connectivity index (χ1) is 9.45. The second-order valence-electron chi connectivity index (χ2n) is 4.95. The van der Waals surface area contributed by atoms with Crippen molar-refractivity contribution in [2.45, 2.75) is 39.3 Å². The van der Waals surface area contributed by atoms with Crippen LogP contribution < -0.4 is 10.6 Å². The van der Waals surface area contributed by atoms with Gasteiger partial charge < -0.3 is 15.7 Å². The molecule has 1 aromatic carbocycles. The molecule has 110 valence electrons. The fourth-order valence-corrected chi connectivity index (χ4v) is 1.89. The fraction of sp³-hybridized carbons (Fsp3) is 0.467. The molecule has 0 bridgehead atoms. The van der Waals surface area contributed by atoms with E-state index in [1.807, 2.05) is 44.2 Å². The summed E-state index contributed by atoms with van der Waals surface area (Å²) in [6.45, 7) is 5.56. The molecule has 0 aromatic heterocycles. The van der Waals surface area contributed by atoms with Crippen molar-refractivity contribution < 1.29 is 14.7 Å². The summed E-state index contributed by atoms with van der Waals surface area (Å²) in [7, 11) is 0. The van der Waals surface area contributed by atoms with E-state index in [4.69, 9.17) is 5.11 Å². The highest BCUT2D eigenvalue weighted by atomic mass is 16.4. The zero-order valence-electron chi connectivity index (χ0n) is 12.1. The molecule has 0 radical (unpaired) electrons. The summed E-state index contributed by atoms with van der Waals surface area (Å²) in [6, 6.07) is 8.00. The third-order valence-corrected chi connectivity index (χ3v) is 3.41. The predicted molar refractivity (Wildman–Crippen MR) is 77.4 cm³/mol. The van der Waals surface area contributed by atoms with Crippen molar-refractivity contribution in [1.29, 1.82) is 0 Å². The van der Waals surface area contributed by atoms with Crippen LogP contribution in [0.5, 0.6) is 0 Å². The molecular weight excluding hydrogens is 256 g/mol. The first kappa shape index (κ1) is 16.0. The third-order valence-electron chi connectivity index (χ3n) is 3.41. The molecule has 0 saturated heterocycles. The molecule has 0 aliphatic rings. The molecular formula is C15H22N2O3. The van der Waals surface area contributed by atoms with E-state index >= 15 is 0 Å². The minimum absolute atomic E-state index is 0.120. The highest BCUT2D eigenvalue weighted by molar-refractivity contribution is 5.82. The summed E-state index contributed by atoms with van der Waals surface area (Å²) in [5.41, 5.74) is 0.970. The number of amides is 2. The lowest BCUT2D eigenvalue weighted by Gasteiger charge is -2.22. The van der Waals surface area contributed by atoms with E-state index in [9.17, 15) is 9.59 Å². The predicted octanol–water partition coefficient (Wildman–Crippen LogP) is 2.55. The normalized spacial score (nSPS) is 14.9. The lowest BCUT2D eigenvalue weighted by atomic mass is 9.99. The van der Waals surface area contributed by atoms with E-state index < -0.39 is 18.0 Å². The number of carboxylic acids is 1. The number of carbonyl (C=O) groups is 2. The van der Waals surface area contributed by atoms with Crippen molar-refractivity contribution in [2.24, 2.45) is 5.92 Å². The van der Waals surface area contributed by atoms with E-state index in [0.29, 0.717) is 6.42 Å². The zero-order chi connectivity index (χ0) is 15.1. The van der Waals surface area contributed by atoms with E-state index in [2.05, 4.69) is 10.6 Å². The Hall–Kier alpha value is -2.04. The van der Waals surface area contributed by atoms with Gasteiger partial charge in [-0.3, -0.25) is 0 Å². The van der Waals surface area contributed by atoms with E-state index in [-0.39, 0.29) is 12.0 Å². The van der Waals surface area contributed by atoms with Crippen molar-refractivity contribution in [2.75, 3.05) is 0 Å². The van der Waals surface area contributed by atoms with Gasteiger partial charge in [0, 0.05) is 0 Å². The van der Waals surface area contributed by atoms with Crippen LogP contribution in [0.4, 0.5) is 4.79 Å². The Bertz CT molecular complexity index is 448. The largest absolute Gasteiger partial charge is 0.480 e. The first-order valence-corrected chi connectivity index (χ1v) is 6.80. The molecule has 2 amide bonds. The van der Waals surface area contributed by atoms with Gasteiger partial charge in [-0.25, -0.2) is 9.59 Å². The Morgan fingerprint density at radius 3 is 2.25 bits per heavy atom. The van der Waals surface area contributed by atoms with E-state index in [1.54, 1.807) is 6.92 Å². The molecule has 5 nitrogen and oxygen atoms in total. The lowest BCUT2D eigenvalue weighted by molar-refractivity contribution is -0.140. The summed E-state index contributed by atoms with van der Waals surface area (Å²) in [5.74, 6) is -1.13. The number of aliphatic carboxylic acids is 1. The SMILES string of the molecule is CCC(C)C(NC(=O)NC(C)c1ccccc1)C(=O)O. The van der Waals surface area contributed by atoms with Gasteiger partial charge in [-0.15, -0.1) is 0 Å². The highest BCUT2D eigenvalue weighted by Gasteiger charge is 2.25. The standard InChI is InChI=1S/C15H22N2O3/c1-4-10(2)13(14(18)19)17-15(20)16-11(3)12-8-6-5-7-9-12/h5-11,13H,4H2,1-3H3,(H,18,19)(H2,16,17,20). The van der Waals surface area contributed by atoms with Gasteiger partial charge in [0.2, 0.25) is 0 Å². The van der Waals surface area contributed by atoms with Crippen molar-refractivity contribution in [3.63, 3.8) is 0 Å². The molecule has 3 N–H and O–H groups in total. The average molecular weight is 278 g/mol. The van der Waals surface area contributed by atoms with Gasteiger partial charge >= 0.3 is 12.0 Å². The topological polar surface area (TPSA) is 78.4 Å². The molecule has 1 aromatic rings. The summed E-state index contributed by atoms with van der Waals surface area (Å²) < 4.78 is 0. The van der Waals surface area contributed by atoms with Crippen LogP contribution >= 0.6 is 0 Å². The van der Waals surface area contributed by atoms with E-state index in [1.165, 1.54) is 0 Å². The number of carboxylic acid groups (broad SMARTS) is 1. The van der Waals surface area contributed by atoms with Gasteiger partial charge in [-0.1, -0.05) is 50.6 Å². The number of urea groups is 1. The molecule has 0 aliphatic carbocycles. The van der Waals surface area contributed by atoms with Crippen LogP contribution in [0.25, 0.3) is 0 Å². The number of rotatable bonds is 6. The summed E-state index contributed by atoms with van der Waals surface area (Å²) in [4.78, 5) is 23.0. The molecule has 0 spiro atoms. The second-order valence-corrected chi connectivity index (χ2v) is 4.95. The maximum atomic E-state index is 11.9. The summed E-state index contributed by atoms with van der Waals surface area (Å²) in [5, 5.41) is 14.4. The smallest absolute Gasteiger partial charge is 0.326 e. The molecule has 3 unspecified atom stereocenters. The number of nitrogens with one attached hydrogen (secondary N) is 2. The minimum Gasteiger partial charge on any atom is -0.480 e. The Balaban J connectivity index is 2.60. The van der Waals surface area contributed by atoms with Crippen LogP contribution in [0.1, 0.15) is 38.8 Å². The van der Waals surface area contributed by atoms with Crippen LogP contribution in [0.3, 0.4) is 0 Å². The highest BCUT2D eigenvalue weighted by Crippen LogP contribution is 2.12. The Morgan fingerprint density at radius 2 is 1.75 bits per heavy atom. The van der Waals surface area contributed by atoms with Gasteiger partial charge in [-0.05, 0) is 18.4 Å². The van der Waals surface area contributed by atoms with Crippen molar-refractivity contribution in [1.82, 2.24) is 10.6 Å². The van der Waals surface area contributed by atoms with Crippen LogP contribution in [0.2, 0.25) is 0 Å². The zero-order valence-corrected chi connectivity index (χ0v) is 12.1. The quantitative estimate of drug-likeness (QED) is 0.748. The number of hydrogen-bond acceptors (Lipinski definition) is 2. The average Bonchev–Trinajstić information content (AvgIpc) is 2.44. The lowest BCUT2D eigenvalue weighted by Crippen LogP contribution is -2.49. The van der Waals surface area contributed by atoms with Gasteiger partial charge in [-0.2, -0.15) is 0 Å². The number of carbonyl (C=O) groups excluding carboxylic acids is 1. The summed E-state index contributed by atoms with van der Waals surface area (Å²) in [6.07, 6.45) is 0.686. The number of hydrogen-bond donors (Lipinski definition) is 3. The summed E-state index contributed by atoms with van der Waals surface area (Å²) >= 11 is 0. The van der Waals surface area contributed by atoms with Gasteiger partial charge in [0.15, 0.2) is 0 Å². The Morgan fingerprint density at radius 1 is 1.15 bits per heavy atom. The first-order valence-electron chi connectivity index (χ1n) is 6.80. The fourth-order valence-electron chi connectivity index (χ4n) is 1.89. The van der Waals surface area contributed by atoms with E-state index in [0.717, 1.165) is 5.56 Å². The molecule has 0 aliphatic heterocycles. The second kappa shape index (κ2) is 7.53. The van der Waals surface area contributed by atoms with Crippen LogP contribution in [-0.4, -0.2) is 23.1 Å². The molecule has 5 heteroatoms. The van der Waals surface area contributed by atoms with Crippen molar-refractivity contribution >= 4 is 12.0 Å². The maximum absolute atomic E-state index is 11.9. The van der Waals surface area contributed by atoms with Crippen molar-refractivity contribution in [3.05, 3.63) is 35.9 Å². The Kier molecular flexibility index (Phi) is 6.03. The molecule has 1 rings (SSSR count). The maximum Gasteiger partial charge on any atom is 0.326 e. The molecule has 0 fully saturated rings. The van der Waals surface area contributed by atoms with Crippen LogP contribution in [-0.2, 0) is 4.79 Å². The molecule has 20 heavy (non-hydrogen) atoms. The molecule has 3 atom stereocenters. The molecule has 0 heterocycles. The monoisotopic (exact) mass is 278 g/mol. The molecule has 0 saturated carbocycles. The van der Waals surface area contributed by atoms with Gasteiger partial charge in [0.05, 0.1) is 6.04 Å². The third kappa shape index (κ3) is 4.57. The van der Waals surface area contributed by atoms with Gasteiger partial charge in [0.25, 0.3) is 0 Å². The van der Waals surface area contributed by atoms with Crippen molar-refractivity contribution in [3.8, 4) is 0 Å². The number of benzene rings is 1. The Labute approximate surface area is 119 Å². The van der Waals surface area contributed by atoms with Gasteiger partial charge in [0.1, 0.15) is 6.04 Å².